The molecule has 6 heteroatoms. The summed E-state index contributed by atoms with van der Waals surface area (Å²) >= 11 is 0. The summed E-state index contributed by atoms with van der Waals surface area (Å²) in [5.41, 5.74) is -0.165. The molecule has 1 rings (SSSR count). The van der Waals surface area contributed by atoms with Crippen molar-refractivity contribution in [2.24, 2.45) is 0 Å². The molecule has 0 unspecified atom stereocenters. The molecule has 0 atom stereocenters. The molecule has 0 saturated heterocycles. The maximum absolute atomic E-state index is 11.3. The molecule has 0 aromatic heterocycles. The van der Waals surface area contributed by atoms with E-state index in [2.05, 4.69) is 0 Å². The fraction of sp³-hybridized carbons (Fsp3) is 0.364. The molecule has 0 aliphatic carbocycles. The first-order chi connectivity index (χ1) is 8.06. The number of carbonyl (C=O) groups is 1. The van der Waals surface area contributed by atoms with Crippen molar-refractivity contribution < 1.29 is 19.2 Å². The standard InChI is InChI=1S/C11H13NO5/c1-8(13)10-7-9(17-6-5-16-2)3-4-11(10)12(14)15/h3-4,7H,5-6H2,1-2H3. The number of hydrogen-bond acceptors (Lipinski definition) is 5. The highest BCUT2D eigenvalue weighted by atomic mass is 16.6. The van der Waals surface area contributed by atoms with Gasteiger partial charge in [-0.05, 0) is 19.1 Å². The molecule has 6 nitrogen and oxygen atoms in total. The lowest BCUT2D eigenvalue weighted by Gasteiger charge is -2.06. The number of rotatable bonds is 6. The van der Waals surface area contributed by atoms with Gasteiger partial charge < -0.3 is 9.47 Å². The second kappa shape index (κ2) is 5.95. The van der Waals surface area contributed by atoms with E-state index in [1.54, 1.807) is 7.11 Å². The Morgan fingerprint density at radius 1 is 1.41 bits per heavy atom. The van der Waals surface area contributed by atoms with E-state index in [1.165, 1.54) is 25.1 Å². The van der Waals surface area contributed by atoms with Gasteiger partial charge in [-0.3, -0.25) is 14.9 Å². The van der Waals surface area contributed by atoms with Gasteiger partial charge in [-0.15, -0.1) is 0 Å². The zero-order valence-corrected chi connectivity index (χ0v) is 9.63. The van der Waals surface area contributed by atoms with Crippen LogP contribution >= 0.6 is 0 Å². The minimum absolute atomic E-state index is 0.0462. The van der Waals surface area contributed by atoms with Gasteiger partial charge in [-0.25, -0.2) is 0 Å². The van der Waals surface area contributed by atoms with Gasteiger partial charge in [0.05, 0.1) is 17.1 Å². The Morgan fingerprint density at radius 3 is 2.65 bits per heavy atom. The quantitative estimate of drug-likeness (QED) is 0.327. The van der Waals surface area contributed by atoms with E-state index in [4.69, 9.17) is 9.47 Å². The van der Waals surface area contributed by atoms with Gasteiger partial charge in [-0.1, -0.05) is 0 Å². The minimum Gasteiger partial charge on any atom is -0.491 e. The van der Waals surface area contributed by atoms with Gasteiger partial charge >= 0.3 is 0 Å². The van der Waals surface area contributed by atoms with E-state index >= 15 is 0 Å². The van der Waals surface area contributed by atoms with Gasteiger partial charge in [0.15, 0.2) is 5.78 Å². The lowest BCUT2D eigenvalue weighted by Crippen LogP contribution is -2.06. The second-order valence-electron chi connectivity index (χ2n) is 3.33. The number of nitro groups is 1. The Balaban J connectivity index is 2.94. The first kappa shape index (κ1) is 13.1. The summed E-state index contributed by atoms with van der Waals surface area (Å²) in [5, 5.41) is 10.7. The maximum atomic E-state index is 11.3. The van der Waals surface area contributed by atoms with Gasteiger partial charge in [0.25, 0.3) is 5.69 Å². The largest absolute Gasteiger partial charge is 0.491 e. The molecule has 0 bridgehead atoms. The molecule has 0 amide bonds. The van der Waals surface area contributed by atoms with Crippen LogP contribution in [0.3, 0.4) is 0 Å². The van der Waals surface area contributed by atoms with Crippen molar-refractivity contribution in [1.82, 2.24) is 0 Å². The van der Waals surface area contributed by atoms with Crippen molar-refractivity contribution in [2.75, 3.05) is 20.3 Å². The summed E-state index contributed by atoms with van der Waals surface area (Å²) in [6.07, 6.45) is 0. The molecule has 0 N–H and O–H groups in total. The molecule has 0 saturated carbocycles. The lowest BCUT2D eigenvalue weighted by molar-refractivity contribution is -0.385. The lowest BCUT2D eigenvalue weighted by atomic mass is 10.1. The van der Waals surface area contributed by atoms with Gasteiger partial charge in [0.1, 0.15) is 12.4 Å². The van der Waals surface area contributed by atoms with Gasteiger partial charge in [-0.2, -0.15) is 0 Å². The molecule has 0 fully saturated rings. The van der Waals surface area contributed by atoms with E-state index in [-0.39, 0.29) is 17.0 Å². The van der Waals surface area contributed by atoms with Crippen molar-refractivity contribution in [1.29, 1.82) is 0 Å². The van der Waals surface area contributed by atoms with Crippen LogP contribution in [0.2, 0.25) is 0 Å². The van der Waals surface area contributed by atoms with Crippen LogP contribution in [0.1, 0.15) is 17.3 Å². The zero-order chi connectivity index (χ0) is 12.8. The Morgan fingerprint density at radius 2 is 2.12 bits per heavy atom. The van der Waals surface area contributed by atoms with Crippen LogP contribution in [-0.4, -0.2) is 31.0 Å². The summed E-state index contributed by atoms with van der Waals surface area (Å²) in [7, 11) is 1.54. The number of hydrogen-bond donors (Lipinski definition) is 0. The number of methoxy groups -OCH3 is 1. The number of Topliss-reactive ketones (excluding diaryl/α,β-unsaturated/α-hetero) is 1. The molecule has 17 heavy (non-hydrogen) atoms. The predicted molar refractivity (Wildman–Crippen MR) is 60.5 cm³/mol. The topological polar surface area (TPSA) is 78.7 Å². The van der Waals surface area contributed by atoms with Crippen molar-refractivity contribution in [3.63, 3.8) is 0 Å². The fourth-order valence-electron chi connectivity index (χ4n) is 1.29. The average molecular weight is 239 g/mol. The van der Waals surface area contributed by atoms with E-state index in [9.17, 15) is 14.9 Å². The van der Waals surface area contributed by atoms with Gasteiger partial charge in [0, 0.05) is 13.2 Å². The monoisotopic (exact) mass is 239 g/mol. The Bertz CT molecular complexity index is 430. The highest BCUT2D eigenvalue weighted by Gasteiger charge is 2.17. The molecule has 0 spiro atoms. The second-order valence-corrected chi connectivity index (χ2v) is 3.33. The van der Waals surface area contributed by atoms with Crippen LogP contribution in [0.4, 0.5) is 5.69 Å². The number of nitro benzene ring substituents is 1. The van der Waals surface area contributed by atoms with E-state index < -0.39 is 4.92 Å². The van der Waals surface area contributed by atoms with E-state index in [0.717, 1.165) is 0 Å². The third-order valence-corrected chi connectivity index (χ3v) is 2.10. The summed E-state index contributed by atoms with van der Waals surface area (Å²) in [4.78, 5) is 21.4. The minimum atomic E-state index is -0.588. The van der Waals surface area contributed by atoms with E-state index in [0.29, 0.717) is 19.0 Å². The summed E-state index contributed by atoms with van der Waals surface area (Å²) < 4.78 is 10.1. The van der Waals surface area contributed by atoms with Crippen molar-refractivity contribution in [3.05, 3.63) is 33.9 Å². The highest BCUT2D eigenvalue weighted by molar-refractivity contribution is 5.98. The Labute approximate surface area is 98.3 Å². The summed E-state index contributed by atoms with van der Waals surface area (Å²) in [6, 6.07) is 4.09. The Kier molecular flexibility index (Phi) is 4.59. The third kappa shape index (κ3) is 3.53. The van der Waals surface area contributed by atoms with Crippen LogP contribution in [0.25, 0.3) is 0 Å². The predicted octanol–water partition coefficient (Wildman–Crippen LogP) is 1.82. The van der Waals surface area contributed by atoms with Crippen molar-refractivity contribution in [2.45, 2.75) is 6.92 Å². The molecule has 0 aliphatic heterocycles. The average Bonchev–Trinajstić information content (AvgIpc) is 2.29. The molecule has 1 aromatic rings. The van der Waals surface area contributed by atoms with Crippen LogP contribution < -0.4 is 4.74 Å². The number of carbonyl (C=O) groups excluding carboxylic acids is 1. The molecular weight excluding hydrogens is 226 g/mol. The molecule has 0 heterocycles. The first-order valence-corrected chi connectivity index (χ1v) is 4.97. The fourth-order valence-corrected chi connectivity index (χ4v) is 1.29. The van der Waals surface area contributed by atoms with Crippen molar-refractivity contribution >= 4 is 11.5 Å². The molecule has 92 valence electrons. The highest BCUT2D eigenvalue weighted by Crippen LogP contribution is 2.24. The summed E-state index contributed by atoms with van der Waals surface area (Å²) in [5.74, 6) is 0.0479. The molecule has 1 aromatic carbocycles. The van der Waals surface area contributed by atoms with Gasteiger partial charge in [0.2, 0.25) is 0 Å². The maximum Gasteiger partial charge on any atom is 0.280 e. The number of benzene rings is 1. The van der Waals surface area contributed by atoms with Crippen LogP contribution in [0.5, 0.6) is 5.75 Å². The zero-order valence-electron chi connectivity index (χ0n) is 9.63. The van der Waals surface area contributed by atoms with Crippen LogP contribution in [0, 0.1) is 10.1 Å². The molecule has 0 radical (unpaired) electrons. The van der Waals surface area contributed by atoms with Crippen LogP contribution in [-0.2, 0) is 4.74 Å². The molecule has 0 aliphatic rings. The number of nitrogens with zero attached hydrogens (tertiary/aromatic N) is 1. The van der Waals surface area contributed by atoms with Crippen LogP contribution in [0.15, 0.2) is 18.2 Å². The molecular formula is C11H13NO5. The Hall–Kier alpha value is -1.95. The number of ketones is 1. The first-order valence-electron chi connectivity index (χ1n) is 4.97. The van der Waals surface area contributed by atoms with E-state index in [1.807, 2.05) is 0 Å². The van der Waals surface area contributed by atoms with Crippen molar-refractivity contribution in [3.8, 4) is 5.75 Å². The normalized spacial score (nSPS) is 10.0. The summed E-state index contributed by atoms with van der Waals surface area (Å²) in [6.45, 7) is 2.01. The smallest absolute Gasteiger partial charge is 0.280 e. The SMILES string of the molecule is COCCOc1ccc([N+](=O)[O-])c(C(C)=O)c1. The third-order valence-electron chi connectivity index (χ3n) is 2.10. The number of ether oxygens (including phenoxy) is 2.